The summed E-state index contributed by atoms with van der Waals surface area (Å²) >= 11 is 1.77. The molecule has 2 amide bonds. The molecule has 0 spiro atoms. The van der Waals surface area contributed by atoms with E-state index in [0.29, 0.717) is 26.3 Å². The predicted molar refractivity (Wildman–Crippen MR) is 128 cm³/mol. The van der Waals surface area contributed by atoms with Crippen molar-refractivity contribution in [1.29, 1.82) is 0 Å². The van der Waals surface area contributed by atoms with E-state index in [2.05, 4.69) is 42.6 Å². The number of hydrogen-bond acceptors (Lipinski definition) is 4. The van der Waals surface area contributed by atoms with E-state index in [4.69, 9.17) is 4.74 Å². The molecule has 1 aliphatic carbocycles. The first-order valence-corrected chi connectivity index (χ1v) is 12.7. The molecule has 32 heavy (non-hydrogen) atoms. The minimum absolute atomic E-state index is 0.0384. The molecule has 2 heterocycles. The number of amides is 2. The Kier molecular flexibility index (Phi) is 7.63. The molecule has 0 bridgehead atoms. The van der Waals surface area contributed by atoms with Crippen LogP contribution in [0.25, 0.3) is 0 Å². The van der Waals surface area contributed by atoms with Gasteiger partial charge in [-0.3, -0.25) is 9.59 Å². The highest BCUT2D eigenvalue weighted by Crippen LogP contribution is 2.38. The lowest BCUT2D eigenvalue weighted by molar-refractivity contribution is -0.145. The molecule has 0 saturated heterocycles. The summed E-state index contributed by atoms with van der Waals surface area (Å²) in [4.78, 5) is 31.8. The molecule has 5 nitrogen and oxygen atoms in total. The van der Waals surface area contributed by atoms with Crippen LogP contribution in [0.1, 0.15) is 60.2 Å². The molecule has 2 aromatic rings. The summed E-state index contributed by atoms with van der Waals surface area (Å²) in [6.07, 6.45) is 4.64. The van der Waals surface area contributed by atoms with Gasteiger partial charge in [-0.15, -0.1) is 11.3 Å². The average Bonchev–Trinajstić information content (AvgIpc) is 3.23. The second-order valence-corrected chi connectivity index (χ2v) is 9.89. The van der Waals surface area contributed by atoms with Gasteiger partial charge in [-0.25, -0.2) is 0 Å². The third-order valence-electron chi connectivity index (χ3n) is 6.69. The number of aryl methyl sites for hydroxylation is 1. The number of benzene rings is 1. The Hall–Kier alpha value is -2.18. The van der Waals surface area contributed by atoms with Crippen molar-refractivity contribution in [3.8, 4) is 0 Å². The maximum atomic E-state index is 13.6. The summed E-state index contributed by atoms with van der Waals surface area (Å²) in [5, 5.41) is 2.12. The molecule has 172 valence electrons. The molecule has 2 aliphatic rings. The molecule has 1 aromatic heterocycles. The number of ether oxygens (including phenoxy) is 1. The first-order chi connectivity index (χ1) is 15.6. The Morgan fingerprint density at radius 2 is 1.97 bits per heavy atom. The third kappa shape index (κ3) is 5.07. The summed E-state index contributed by atoms with van der Waals surface area (Å²) < 4.78 is 5.47. The molecule has 1 saturated carbocycles. The molecule has 6 heteroatoms. The first kappa shape index (κ1) is 23.0. The van der Waals surface area contributed by atoms with Gasteiger partial charge in [0.05, 0.1) is 12.6 Å². The lowest BCUT2D eigenvalue weighted by Crippen LogP contribution is -2.49. The topological polar surface area (TPSA) is 49.9 Å². The van der Waals surface area contributed by atoms with E-state index >= 15 is 0 Å². The van der Waals surface area contributed by atoms with Crippen LogP contribution in [0, 0.1) is 12.8 Å². The molecule has 0 N–H and O–H groups in total. The highest BCUT2D eigenvalue weighted by molar-refractivity contribution is 7.10. The van der Waals surface area contributed by atoms with Crippen LogP contribution in [0.5, 0.6) is 0 Å². The predicted octanol–water partition coefficient (Wildman–Crippen LogP) is 4.59. The Labute approximate surface area is 195 Å². The zero-order valence-corrected chi connectivity index (χ0v) is 20.0. The fourth-order valence-corrected chi connectivity index (χ4v) is 5.53. The third-order valence-corrected chi connectivity index (χ3v) is 7.69. The molecule has 0 radical (unpaired) electrons. The number of carbonyl (C=O) groups excluding carboxylic acids is 2. The van der Waals surface area contributed by atoms with Crippen LogP contribution < -0.4 is 0 Å². The van der Waals surface area contributed by atoms with E-state index in [1.165, 1.54) is 16.0 Å². The summed E-state index contributed by atoms with van der Waals surface area (Å²) in [5.74, 6) is 0.269. The van der Waals surface area contributed by atoms with Crippen LogP contribution in [0.3, 0.4) is 0 Å². The van der Waals surface area contributed by atoms with E-state index in [9.17, 15) is 9.59 Å². The second kappa shape index (κ2) is 10.6. The monoisotopic (exact) mass is 454 g/mol. The first-order valence-electron chi connectivity index (χ1n) is 11.9. The number of carbonyl (C=O) groups is 2. The van der Waals surface area contributed by atoms with E-state index < -0.39 is 0 Å². The number of fused-ring (bicyclic) bond motifs is 1. The van der Waals surface area contributed by atoms with Gasteiger partial charge in [-0.2, -0.15) is 0 Å². The van der Waals surface area contributed by atoms with Gasteiger partial charge < -0.3 is 14.5 Å². The number of thiophene rings is 1. The fourth-order valence-electron chi connectivity index (χ4n) is 4.63. The van der Waals surface area contributed by atoms with Crippen LogP contribution in [-0.2, 0) is 20.7 Å². The average molecular weight is 455 g/mol. The maximum Gasteiger partial charge on any atom is 0.242 e. The van der Waals surface area contributed by atoms with Crippen LogP contribution in [0.2, 0.25) is 0 Å². The van der Waals surface area contributed by atoms with Crippen LogP contribution in [0.15, 0.2) is 35.7 Å². The lowest BCUT2D eigenvalue weighted by Gasteiger charge is -2.38. The van der Waals surface area contributed by atoms with E-state index in [1.54, 1.807) is 16.2 Å². The van der Waals surface area contributed by atoms with Gasteiger partial charge >= 0.3 is 0 Å². The SMILES string of the molecule is CCOCCCN(CC(=O)N1CCc2sccc2C1c1ccc(C)cc1)C(=O)C1CCC1. The van der Waals surface area contributed by atoms with Crippen molar-refractivity contribution < 1.29 is 14.3 Å². The Bertz CT molecular complexity index is 919. The van der Waals surface area contributed by atoms with Crippen molar-refractivity contribution in [2.75, 3.05) is 32.8 Å². The Morgan fingerprint density at radius 1 is 1.19 bits per heavy atom. The van der Waals surface area contributed by atoms with Gasteiger partial charge in [0.1, 0.15) is 0 Å². The lowest BCUT2D eigenvalue weighted by atomic mass is 9.84. The van der Waals surface area contributed by atoms with Crippen molar-refractivity contribution in [3.63, 3.8) is 0 Å². The summed E-state index contributed by atoms with van der Waals surface area (Å²) in [6.45, 7) is 6.76. The molecule has 1 unspecified atom stereocenters. The fraction of sp³-hybridized carbons (Fsp3) is 0.538. The zero-order valence-electron chi connectivity index (χ0n) is 19.2. The maximum absolute atomic E-state index is 13.6. The van der Waals surface area contributed by atoms with Gasteiger partial charge in [0.2, 0.25) is 11.8 Å². The van der Waals surface area contributed by atoms with E-state index in [-0.39, 0.29) is 30.3 Å². The molecule has 1 fully saturated rings. The highest BCUT2D eigenvalue weighted by Gasteiger charge is 2.35. The quantitative estimate of drug-likeness (QED) is 0.521. The van der Waals surface area contributed by atoms with Gasteiger partial charge in [-0.1, -0.05) is 36.2 Å². The summed E-state index contributed by atoms with van der Waals surface area (Å²) in [7, 11) is 0. The molecular formula is C26H34N2O3S. The van der Waals surface area contributed by atoms with Crippen LogP contribution in [-0.4, -0.2) is 54.5 Å². The zero-order chi connectivity index (χ0) is 22.5. The van der Waals surface area contributed by atoms with E-state index in [1.807, 2.05) is 11.8 Å². The van der Waals surface area contributed by atoms with Crippen molar-refractivity contribution in [2.45, 2.75) is 52.0 Å². The number of hydrogen-bond donors (Lipinski definition) is 0. The molecule has 4 rings (SSSR count). The molecular weight excluding hydrogens is 420 g/mol. The Balaban J connectivity index is 1.53. The van der Waals surface area contributed by atoms with Gasteiger partial charge in [-0.05, 0) is 62.1 Å². The highest BCUT2D eigenvalue weighted by atomic mass is 32.1. The minimum atomic E-state index is -0.0813. The van der Waals surface area contributed by atoms with Gasteiger partial charge in [0.15, 0.2) is 0 Å². The standard InChI is InChI=1S/C26H34N2O3S/c1-3-31-16-5-14-27(26(30)21-6-4-7-21)18-24(29)28-15-12-23-22(13-17-32-23)25(28)20-10-8-19(2)9-11-20/h8-11,13,17,21,25H,3-7,12,14-16,18H2,1-2H3. The second-order valence-electron chi connectivity index (χ2n) is 8.89. The molecule has 1 aliphatic heterocycles. The Morgan fingerprint density at radius 3 is 2.66 bits per heavy atom. The van der Waals surface area contributed by atoms with Gasteiger partial charge in [0, 0.05) is 37.1 Å². The smallest absolute Gasteiger partial charge is 0.242 e. The van der Waals surface area contributed by atoms with E-state index in [0.717, 1.165) is 37.7 Å². The summed E-state index contributed by atoms with van der Waals surface area (Å²) in [5.41, 5.74) is 3.57. The minimum Gasteiger partial charge on any atom is -0.382 e. The van der Waals surface area contributed by atoms with Gasteiger partial charge in [0.25, 0.3) is 0 Å². The normalized spacial score (nSPS) is 18.2. The largest absolute Gasteiger partial charge is 0.382 e. The number of rotatable bonds is 9. The summed E-state index contributed by atoms with van der Waals surface area (Å²) in [6, 6.07) is 10.6. The number of nitrogens with zero attached hydrogens (tertiary/aromatic N) is 2. The molecule has 1 atom stereocenters. The van der Waals surface area contributed by atoms with Crippen molar-refractivity contribution in [1.82, 2.24) is 9.80 Å². The van der Waals surface area contributed by atoms with Crippen molar-refractivity contribution in [2.24, 2.45) is 5.92 Å². The van der Waals surface area contributed by atoms with Crippen molar-refractivity contribution in [3.05, 3.63) is 57.3 Å². The molecule has 1 aromatic carbocycles. The van der Waals surface area contributed by atoms with Crippen molar-refractivity contribution >= 4 is 23.2 Å². The van der Waals surface area contributed by atoms with Crippen LogP contribution in [0.4, 0.5) is 0 Å². The van der Waals surface area contributed by atoms with Crippen LogP contribution >= 0.6 is 11.3 Å².